The minimum atomic E-state index is -0.605. The van der Waals surface area contributed by atoms with Crippen molar-refractivity contribution in [2.45, 2.75) is 44.2 Å². The van der Waals surface area contributed by atoms with Gasteiger partial charge in [0.25, 0.3) is 0 Å². The predicted molar refractivity (Wildman–Crippen MR) is 75.2 cm³/mol. The molecule has 0 aliphatic carbocycles. The van der Waals surface area contributed by atoms with Crippen LogP contribution in [0.5, 0.6) is 0 Å². The molecule has 7 nitrogen and oxygen atoms in total. The lowest BCUT2D eigenvalue weighted by molar-refractivity contribution is -0.154. The summed E-state index contributed by atoms with van der Waals surface area (Å²) >= 11 is 0. The van der Waals surface area contributed by atoms with E-state index in [1.54, 1.807) is 0 Å². The Labute approximate surface area is 119 Å². The van der Waals surface area contributed by atoms with Crippen LogP contribution in [-0.2, 0) is 9.53 Å². The zero-order valence-corrected chi connectivity index (χ0v) is 12.0. The van der Waals surface area contributed by atoms with E-state index in [9.17, 15) is 4.79 Å². The Bertz CT molecular complexity index is 396. The third kappa shape index (κ3) is 3.23. The van der Waals surface area contributed by atoms with Crippen molar-refractivity contribution < 1.29 is 9.53 Å². The molecule has 0 bridgehead atoms. The quantitative estimate of drug-likeness (QED) is 0.262. The van der Waals surface area contributed by atoms with Crippen molar-refractivity contribution in [1.82, 2.24) is 10.2 Å². The number of carbonyl (C=O) groups excluding carboxylic acids is 1. The summed E-state index contributed by atoms with van der Waals surface area (Å²) in [5, 5.41) is 6.82. The van der Waals surface area contributed by atoms with Crippen LogP contribution in [0.3, 0.4) is 0 Å². The van der Waals surface area contributed by atoms with Crippen molar-refractivity contribution in [2.24, 2.45) is 5.11 Å². The largest absolute Gasteiger partial charge is 0.465 e. The lowest BCUT2D eigenvalue weighted by atomic mass is 9.83. The summed E-state index contributed by atoms with van der Waals surface area (Å²) in [4.78, 5) is 17.6. The third-order valence-corrected chi connectivity index (χ3v) is 4.31. The molecule has 7 heteroatoms. The fourth-order valence-electron chi connectivity index (χ4n) is 3.34. The minimum absolute atomic E-state index is 0.160. The van der Waals surface area contributed by atoms with Gasteiger partial charge in [-0.15, -0.1) is 0 Å². The van der Waals surface area contributed by atoms with Gasteiger partial charge in [-0.2, -0.15) is 0 Å². The number of ether oxygens (including phenoxy) is 1. The normalized spacial score (nSPS) is 29.6. The fraction of sp³-hybridized carbons (Fsp3) is 0.923. The molecule has 2 unspecified atom stereocenters. The second-order valence-electron chi connectivity index (χ2n) is 5.47. The van der Waals surface area contributed by atoms with Crippen LogP contribution in [0.4, 0.5) is 0 Å². The van der Waals surface area contributed by atoms with Crippen LogP contribution < -0.4 is 5.32 Å². The monoisotopic (exact) mass is 281 g/mol. The number of hydrogen-bond donors (Lipinski definition) is 1. The van der Waals surface area contributed by atoms with E-state index in [0.717, 1.165) is 32.4 Å². The van der Waals surface area contributed by atoms with Crippen LogP contribution in [0.1, 0.15) is 32.6 Å². The second kappa shape index (κ2) is 6.92. The maximum absolute atomic E-state index is 12.4. The van der Waals surface area contributed by atoms with Crippen molar-refractivity contribution in [1.29, 1.82) is 0 Å². The fourth-order valence-corrected chi connectivity index (χ4v) is 3.34. The summed E-state index contributed by atoms with van der Waals surface area (Å²) in [6.45, 7) is 5.16. The van der Waals surface area contributed by atoms with Gasteiger partial charge in [-0.05, 0) is 44.7 Å². The Balaban J connectivity index is 2.03. The molecule has 0 amide bonds. The highest BCUT2D eigenvalue weighted by atomic mass is 16.5. The first-order valence-electron chi connectivity index (χ1n) is 7.39. The molecule has 0 saturated carbocycles. The lowest BCUT2D eigenvalue weighted by Gasteiger charge is -2.42. The SMILES string of the molecule is CCOC(=O)C1(NCCN=[N+]=[N-])CCN2CCCC2C1. The van der Waals surface area contributed by atoms with Gasteiger partial charge < -0.3 is 15.0 Å². The highest BCUT2D eigenvalue weighted by Crippen LogP contribution is 2.33. The molecule has 20 heavy (non-hydrogen) atoms. The van der Waals surface area contributed by atoms with Gasteiger partial charge >= 0.3 is 5.97 Å². The number of fused-ring (bicyclic) bond motifs is 1. The van der Waals surface area contributed by atoms with Crippen LogP contribution in [0.25, 0.3) is 10.4 Å². The minimum Gasteiger partial charge on any atom is -0.465 e. The van der Waals surface area contributed by atoms with Crippen molar-refractivity contribution >= 4 is 5.97 Å². The van der Waals surface area contributed by atoms with Gasteiger partial charge in [0.15, 0.2) is 0 Å². The zero-order valence-electron chi connectivity index (χ0n) is 12.0. The molecule has 2 aliphatic rings. The molecule has 0 aromatic heterocycles. The molecule has 1 N–H and O–H groups in total. The van der Waals surface area contributed by atoms with E-state index in [0.29, 0.717) is 25.7 Å². The Hall–Kier alpha value is -1.30. The third-order valence-electron chi connectivity index (χ3n) is 4.31. The van der Waals surface area contributed by atoms with E-state index < -0.39 is 5.54 Å². The van der Waals surface area contributed by atoms with Crippen LogP contribution >= 0.6 is 0 Å². The lowest BCUT2D eigenvalue weighted by Crippen LogP contribution is -2.61. The molecule has 2 fully saturated rings. The summed E-state index contributed by atoms with van der Waals surface area (Å²) in [6.07, 6.45) is 3.92. The highest BCUT2D eigenvalue weighted by molar-refractivity contribution is 5.81. The number of hydrogen-bond acceptors (Lipinski definition) is 5. The van der Waals surface area contributed by atoms with Crippen molar-refractivity contribution in [3.8, 4) is 0 Å². The first-order valence-corrected chi connectivity index (χ1v) is 7.39. The van der Waals surface area contributed by atoms with Gasteiger partial charge in [0, 0.05) is 30.6 Å². The van der Waals surface area contributed by atoms with Crippen LogP contribution in [0.2, 0.25) is 0 Å². The van der Waals surface area contributed by atoms with Crippen LogP contribution in [-0.4, -0.2) is 55.2 Å². The van der Waals surface area contributed by atoms with E-state index >= 15 is 0 Å². The van der Waals surface area contributed by atoms with E-state index in [2.05, 4.69) is 20.2 Å². The van der Waals surface area contributed by atoms with Crippen LogP contribution in [0.15, 0.2) is 5.11 Å². The Morgan fingerprint density at radius 1 is 1.60 bits per heavy atom. The summed E-state index contributed by atoms with van der Waals surface area (Å²) in [5.74, 6) is -0.160. The average Bonchev–Trinajstić information content (AvgIpc) is 2.91. The van der Waals surface area contributed by atoms with Gasteiger partial charge in [-0.1, -0.05) is 5.11 Å². The Kier molecular flexibility index (Phi) is 5.23. The van der Waals surface area contributed by atoms with Crippen molar-refractivity contribution in [3.05, 3.63) is 10.4 Å². The van der Waals surface area contributed by atoms with E-state index in [1.807, 2.05) is 6.92 Å². The second-order valence-corrected chi connectivity index (χ2v) is 5.47. The molecular weight excluding hydrogens is 258 g/mol. The molecule has 2 atom stereocenters. The van der Waals surface area contributed by atoms with E-state index in [4.69, 9.17) is 10.3 Å². The van der Waals surface area contributed by atoms with Crippen molar-refractivity contribution in [3.63, 3.8) is 0 Å². The number of carbonyl (C=O) groups is 1. The zero-order chi connectivity index (χ0) is 14.4. The van der Waals surface area contributed by atoms with Gasteiger partial charge in [-0.3, -0.25) is 4.79 Å². The van der Waals surface area contributed by atoms with Crippen LogP contribution in [0, 0.1) is 0 Å². The summed E-state index contributed by atoms with van der Waals surface area (Å²) < 4.78 is 5.27. The first-order chi connectivity index (χ1) is 9.72. The molecule has 112 valence electrons. The maximum atomic E-state index is 12.4. The highest BCUT2D eigenvalue weighted by Gasteiger charge is 2.47. The number of azide groups is 1. The molecule has 2 heterocycles. The first kappa shape index (κ1) is 15.1. The molecule has 2 rings (SSSR count). The van der Waals surface area contributed by atoms with Crippen molar-refractivity contribution in [2.75, 3.05) is 32.8 Å². The number of nitrogens with one attached hydrogen (secondary N) is 1. The molecule has 0 aromatic rings. The number of esters is 1. The van der Waals surface area contributed by atoms with Gasteiger partial charge in [0.05, 0.1) is 6.61 Å². The standard InChI is InChI=1S/C13H23N5O2/c1-2-20-12(19)13(15-6-7-16-17-14)5-9-18-8-3-4-11(18)10-13/h11,15H,2-10H2,1H3. The molecule has 0 aromatic carbocycles. The number of piperidine rings is 1. The van der Waals surface area contributed by atoms with E-state index in [-0.39, 0.29) is 5.97 Å². The summed E-state index contributed by atoms with van der Waals surface area (Å²) in [6, 6.07) is 0.472. The number of rotatable bonds is 6. The molecule has 2 aliphatic heterocycles. The number of nitrogens with zero attached hydrogens (tertiary/aromatic N) is 4. The van der Waals surface area contributed by atoms with Gasteiger partial charge in [0.2, 0.25) is 0 Å². The van der Waals surface area contributed by atoms with Gasteiger partial charge in [0.1, 0.15) is 5.54 Å². The average molecular weight is 281 g/mol. The van der Waals surface area contributed by atoms with Gasteiger partial charge in [-0.25, -0.2) is 0 Å². The molecular formula is C13H23N5O2. The summed E-state index contributed by atoms with van der Waals surface area (Å²) in [7, 11) is 0. The molecule has 0 spiro atoms. The maximum Gasteiger partial charge on any atom is 0.326 e. The van der Waals surface area contributed by atoms with E-state index in [1.165, 1.54) is 6.42 Å². The molecule has 0 radical (unpaired) electrons. The molecule has 2 saturated heterocycles. The topological polar surface area (TPSA) is 90.3 Å². The summed E-state index contributed by atoms with van der Waals surface area (Å²) in [5.41, 5.74) is 7.71. The predicted octanol–water partition coefficient (Wildman–Crippen LogP) is 1.45. The Morgan fingerprint density at radius 2 is 2.45 bits per heavy atom. The Morgan fingerprint density at radius 3 is 3.20 bits per heavy atom. The smallest absolute Gasteiger partial charge is 0.326 e.